The largest absolute Gasteiger partial charge is 0.421 e. The van der Waals surface area contributed by atoms with Crippen LogP contribution in [0.2, 0.25) is 0 Å². The molecule has 2 aromatic heterocycles. The van der Waals surface area contributed by atoms with Gasteiger partial charge < -0.3 is 33.0 Å². The summed E-state index contributed by atoms with van der Waals surface area (Å²) in [4.78, 5) is 15.1. The third-order valence-corrected chi connectivity index (χ3v) is 7.96. The van der Waals surface area contributed by atoms with Crippen molar-refractivity contribution < 1.29 is 28.1 Å². The highest BCUT2D eigenvalue weighted by molar-refractivity contribution is 5.79. The summed E-state index contributed by atoms with van der Waals surface area (Å²) >= 11 is 0. The Morgan fingerprint density at radius 2 is 1.31 bits per heavy atom. The first-order valence-electron chi connectivity index (χ1n) is 15.9. The average Bonchev–Trinajstić information content (AvgIpc) is 3.55. The van der Waals surface area contributed by atoms with E-state index in [0.717, 1.165) is 29.5 Å². The van der Waals surface area contributed by atoms with E-state index in [1.165, 1.54) is 10.2 Å². The van der Waals surface area contributed by atoms with Gasteiger partial charge in [-0.3, -0.25) is 0 Å². The van der Waals surface area contributed by atoms with Gasteiger partial charge in [0.15, 0.2) is 5.69 Å². The van der Waals surface area contributed by atoms with Crippen LogP contribution < -0.4 is 10.5 Å². The molecule has 1 aliphatic heterocycles. The molecule has 1 aliphatic rings. The molecule has 242 valence electrons. The predicted octanol–water partition coefficient (Wildman–Crippen LogP) is 4.85. The zero-order valence-corrected chi connectivity index (χ0v) is 26.3. The Kier molecular flexibility index (Phi) is 12.5. The summed E-state index contributed by atoms with van der Waals surface area (Å²) < 4.78 is 35.4. The quantitative estimate of drug-likeness (QED) is 0.278. The van der Waals surface area contributed by atoms with Crippen LogP contribution in [0.15, 0.2) is 63.9 Å². The van der Waals surface area contributed by atoms with Crippen molar-refractivity contribution in [3.63, 3.8) is 0 Å². The molecular formula is C34H44N4O7. The van der Waals surface area contributed by atoms with Gasteiger partial charge in [-0.1, -0.05) is 37.3 Å². The monoisotopic (exact) mass is 620 g/mol. The number of hydrogen-bond acceptors (Lipinski definition) is 10. The van der Waals surface area contributed by atoms with Gasteiger partial charge in [-0.05, 0) is 54.7 Å². The number of aromatic nitrogens is 3. The van der Waals surface area contributed by atoms with Gasteiger partial charge in [0.2, 0.25) is 0 Å². The van der Waals surface area contributed by atoms with Crippen molar-refractivity contribution in [3.8, 4) is 16.9 Å². The molecule has 2 aromatic carbocycles. The van der Waals surface area contributed by atoms with E-state index in [1.54, 1.807) is 6.20 Å². The van der Waals surface area contributed by atoms with Gasteiger partial charge in [-0.2, -0.15) is 0 Å². The van der Waals surface area contributed by atoms with Crippen LogP contribution in [-0.2, 0) is 23.7 Å². The maximum absolute atomic E-state index is 12.9. The standard InChI is InChI=1S/C34H44N4O7/c1-3-26(4-2)28-7-10-33-29(23-28)24-32(34(39)45-33)38-25-31(35-36-38)27-5-8-30(9-6-27)37-11-13-40-15-17-42-19-21-44-22-20-43-18-16-41-14-12-37/h5-10,23-26H,3-4,11-22H2,1-2H3. The molecule has 0 spiro atoms. The number of ether oxygens (including phenoxy) is 5. The van der Waals surface area contributed by atoms with Crippen LogP contribution in [-0.4, -0.2) is 94.2 Å². The van der Waals surface area contributed by atoms with Crippen molar-refractivity contribution in [2.24, 2.45) is 0 Å². The zero-order valence-electron chi connectivity index (χ0n) is 26.3. The summed E-state index contributed by atoms with van der Waals surface area (Å²) in [5.41, 5.74) is 4.25. The molecule has 4 aromatic rings. The third kappa shape index (κ3) is 9.21. The van der Waals surface area contributed by atoms with Gasteiger partial charge in [-0.25, -0.2) is 9.48 Å². The fourth-order valence-electron chi connectivity index (χ4n) is 5.36. The smallest absolute Gasteiger partial charge is 0.362 e. The van der Waals surface area contributed by atoms with Crippen molar-refractivity contribution in [1.29, 1.82) is 0 Å². The highest BCUT2D eigenvalue weighted by Gasteiger charge is 2.14. The molecule has 0 N–H and O–H groups in total. The summed E-state index contributed by atoms with van der Waals surface area (Å²) in [7, 11) is 0. The molecule has 1 saturated heterocycles. The van der Waals surface area contributed by atoms with Crippen LogP contribution in [0.1, 0.15) is 38.2 Å². The molecule has 11 heteroatoms. The maximum atomic E-state index is 12.9. The van der Waals surface area contributed by atoms with Gasteiger partial charge in [0.1, 0.15) is 11.3 Å². The van der Waals surface area contributed by atoms with Crippen LogP contribution in [0.25, 0.3) is 27.9 Å². The molecule has 0 atom stereocenters. The lowest BCUT2D eigenvalue weighted by atomic mass is 9.93. The first-order valence-corrected chi connectivity index (χ1v) is 15.9. The van der Waals surface area contributed by atoms with Gasteiger partial charge in [-0.15, -0.1) is 5.10 Å². The molecule has 0 aliphatic carbocycles. The van der Waals surface area contributed by atoms with E-state index in [1.807, 2.05) is 30.3 Å². The van der Waals surface area contributed by atoms with Crippen LogP contribution in [0.5, 0.6) is 0 Å². The molecule has 0 radical (unpaired) electrons. The Balaban J connectivity index is 1.27. The van der Waals surface area contributed by atoms with Crippen LogP contribution in [0, 0.1) is 0 Å². The van der Waals surface area contributed by atoms with E-state index < -0.39 is 5.63 Å². The lowest BCUT2D eigenvalue weighted by Crippen LogP contribution is -2.31. The Morgan fingerprint density at radius 3 is 1.89 bits per heavy atom. The number of fused-ring (bicyclic) bond motifs is 1. The zero-order chi connectivity index (χ0) is 31.3. The van der Waals surface area contributed by atoms with E-state index in [-0.39, 0.29) is 0 Å². The topological polar surface area (TPSA) is 110 Å². The Hall–Kier alpha value is -3.61. The summed E-state index contributed by atoms with van der Waals surface area (Å²) in [6.45, 7) is 11.2. The lowest BCUT2D eigenvalue weighted by Gasteiger charge is -2.25. The SMILES string of the molecule is CCC(CC)c1ccc2oc(=O)c(-n3cc(-c4ccc(N5CCOCCOCCOCCOCCOCC5)cc4)nn3)cc2c1. The Bertz CT molecular complexity index is 1500. The second kappa shape index (κ2) is 17.2. The fraction of sp³-hybridized carbons (Fsp3) is 0.500. The molecule has 0 amide bonds. The molecule has 3 heterocycles. The molecule has 1 fully saturated rings. The van der Waals surface area contributed by atoms with Crippen molar-refractivity contribution >= 4 is 16.7 Å². The molecular weight excluding hydrogens is 576 g/mol. The fourth-order valence-corrected chi connectivity index (χ4v) is 5.36. The summed E-state index contributed by atoms with van der Waals surface area (Å²) in [5, 5.41) is 9.49. The molecule has 11 nitrogen and oxygen atoms in total. The summed E-state index contributed by atoms with van der Waals surface area (Å²) in [6.07, 6.45) is 3.86. The van der Waals surface area contributed by atoms with E-state index >= 15 is 0 Å². The highest BCUT2D eigenvalue weighted by atomic mass is 16.6. The second-order valence-corrected chi connectivity index (χ2v) is 10.9. The lowest BCUT2D eigenvalue weighted by molar-refractivity contribution is -0.0116. The van der Waals surface area contributed by atoms with Gasteiger partial charge in [0.05, 0.1) is 72.3 Å². The van der Waals surface area contributed by atoms with Gasteiger partial charge in [0.25, 0.3) is 0 Å². The van der Waals surface area contributed by atoms with Gasteiger partial charge >= 0.3 is 5.63 Å². The normalized spacial score (nSPS) is 16.9. The Morgan fingerprint density at radius 1 is 0.733 bits per heavy atom. The number of hydrogen-bond donors (Lipinski definition) is 0. The van der Waals surface area contributed by atoms with E-state index in [0.29, 0.717) is 102 Å². The number of rotatable bonds is 6. The maximum Gasteiger partial charge on any atom is 0.362 e. The first kappa shape index (κ1) is 32.8. The van der Waals surface area contributed by atoms with E-state index in [4.69, 9.17) is 28.1 Å². The van der Waals surface area contributed by atoms with Crippen molar-refractivity contribution in [3.05, 3.63) is 70.7 Å². The van der Waals surface area contributed by atoms with E-state index in [9.17, 15) is 4.79 Å². The molecule has 5 rings (SSSR count). The Labute approximate surface area is 264 Å². The van der Waals surface area contributed by atoms with Crippen LogP contribution in [0.3, 0.4) is 0 Å². The number of nitrogens with zero attached hydrogens (tertiary/aromatic N) is 4. The van der Waals surface area contributed by atoms with Crippen molar-refractivity contribution in [1.82, 2.24) is 15.0 Å². The second-order valence-electron chi connectivity index (χ2n) is 10.9. The minimum absolute atomic E-state index is 0.326. The minimum atomic E-state index is -0.458. The average molecular weight is 621 g/mol. The summed E-state index contributed by atoms with van der Waals surface area (Å²) in [5.74, 6) is 0.463. The van der Waals surface area contributed by atoms with Crippen LogP contribution >= 0.6 is 0 Å². The van der Waals surface area contributed by atoms with Crippen molar-refractivity contribution in [2.75, 3.05) is 84.1 Å². The van der Waals surface area contributed by atoms with Crippen LogP contribution in [0.4, 0.5) is 5.69 Å². The third-order valence-electron chi connectivity index (χ3n) is 7.96. The number of benzene rings is 2. The molecule has 0 bridgehead atoms. The van der Waals surface area contributed by atoms with E-state index in [2.05, 4.69) is 47.3 Å². The molecule has 0 unspecified atom stereocenters. The first-order chi connectivity index (χ1) is 22.2. The number of anilines is 1. The highest BCUT2D eigenvalue weighted by Crippen LogP contribution is 2.27. The summed E-state index contributed by atoms with van der Waals surface area (Å²) in [6, 6.07) is 16.0. The van der Waals surface area contributed by atoms with Crippen molar-refractivity contribution in [2.45, 2.75) is 32.6 Å². The van der Waals surface area contributed by atoms with Gasteiger partial charge in [0, 0.05) is 29.7 Å². The molecule has 45 heavy (non-hydrogen) atoms. The minimum Gasteiger partial charge on any atom is -0.421 e. The predicted molar refractivity (Wildman–Crippen MR) is 172 cm³/mol. The molecule has 0 saturated carbocycles.